The van der Waals surface area contributed by atoms with Crippen LogP contribution in [0.1, 0.15) is 52.4 Å². The number of carbonyl (C=O) groups is 5. The molecule has 0 fully saturated rings. The Morgan fingerprint density at radius 1 is 0.935 bits per heavy atom. The van der Waals surface area contributed by atoms with E-state index in [0.717, 1.165) is 0 Å². The van der Waals surface area contributed by atoms with E-state index < -0.39 is 54.3 Å². The maximum Gasteiger partial charge on any atom is 0.326 e. The summed E-state index contributed by atoms with van der Waals surface area (Å²) in [6.45, 7) is 3.61. The number of carbonyl (C=O) groups excluding carboxylic acids is 4. The topological polar surface area (TPSA) is 220 Å². The Labute approximate surface area is 182 Å². The molecule has 12 nitrogen and oxygen atoms in total. The van der Waals surface area contributed by atoms with Crippen molar-refractivity contribution >= 4 is 29.6 Å². The van der Waals surface area contributed by atoms with Crippen LogP contribution < -0.4 is 33.2 Å². The molecule has 0 aromatic rings. The zero-order valence-corrected chi connectivity index (χ0v) is 18.2. The summed E-state index contributed by atoms with van der Waals surface area (Å²) in [5.74, 6) is -3.78. The minimum Gasteiger partial charge on any atom is -0.480 e. The largest absolute Gasteiger partial charge is 0.480 e. The molecule has 0 rings (SSSR count). The van der Waals surface area contributed by atoms with Gasteiger partial charge in [-0.15, -0.1) is 0 Å². The van der Waals surface area contributed by atoms with Crippen molar-refractivity contribution in [1.82, 2.24) is 16.0 Å². The van der Waals surface area contributed by atoms with Crippen molar-refractivity contribution in [3.05, 3.63) is 0 Å². The molecular formula is C19H36N6O6. The van der Waals surface area contributed by atoms with Crippen LogP contribution in [0.5, 0.6) is 0 Å². The van der Waals surface area contributed by atoms with Crippen LogP contribution in [0, 0.1) is 5.92 Å². The van der Waals surface area contributed by atoms with Gasteiger partial charge >= 0.3 is 5.97 Å². The van der Waals surface area contributed by atoms with Crippen LogP contribution in [0.4, 0.5) is 0 Å². The summed E-state index contributed by atoms with van der Waals surface area (Å²) >= 11 is 0. The molecule has 0 saturated heterocycles. The number of amides is 4. The van der Waals surface area contributed by atoms with Crippen molar-refractivity contribution in [3.8, 4) is 0 Å². The van der Waals surface area contributed by atoms with E-state index in [1.54, 1.807) is 0 Å². The summed E-state index contributed by atoms with van der Waals surface area (Å²) in [6.07, 6.45) is 1.72. The molecule has 0 aliphatic rings. The van der Waals surface area contributed by atoms with Crippen LogP contribution >= 0.6 is 0 Å². The van der Waals surface area contributed by atoms with Crippen LogP contribution in [0.25, 0.3) is 0 Å². The van der Waals surface area contributed by atoms with Crippen molar-refractivity contribution in [1.29, 1.82) is 0 Å². The second-order valence-electron chi connectivity index (χ2n) is 7.76. The number of carboxylic acids is 1. The molecule has 0 spiro atoms. The van der Waals surface area contributed by atoms with Gasteiger partial charge in [0.15, 0.2) is 0 Å². The molecule has 0 aromatic heterocycles. The minimum absolute atomic E-state index is 0.0402. The van der Waals surface area contributed by atoms with Crippen molar-refractivity contribution in [2.45, 2.75) is 70.5 Å². The van der Waals surface area contributed by atoms with Crippen LogP contribution in [-0.2, 0) is 24.0 Å². The molecule has 0 aliphatic carbocycles. The molecule has 3 unspecified atom stereocenters. The second-order valence-corrected chi connectivity index (χ2v) is 7.76. The molecule has 12 heteroatoms. The summed E-state index contributed by atoms with van der Waals surface area (Å²) in [4.78, 5) is 59.0. The Hall–Kier alpha value is -2.73. The lowest BCUT2D eigenvalue weighted by Crippen LogP contribution is -2.53. The standard InChI is InChI=1S/C19H36N6O6/c1-11(2)9-14(19(30)31)24-16(27)10-23-18(29)13(6-7-15(22)26)25-17(28)12(21)5-3-4-8-20/h11-14H,3-10,20-21H2,1-2H3,(H2,22,26)(H,23,29)(H,24,27)(H,25,28)(H,30,31). The summed E-state index contributed by atoms with van der Waals surface area (Å²) in [6, 6.07) is -3.06. The fraction of sp³-hybridized carbons (Fsp3) is 0.737. The first-order chi connectivity index (χ1) is 14.5. The predicted octanol–water partition coefficient (Wildman–Crippen LogP) is -2.08. The zero-order valence-electron chi connectivity index (χ0n) is 18.2. The first kappa shape index (κ1) is 28.3. The Morgan fingerprint density at radius 3 is 2.10 bits per heavy atom. The molecule has 0 aromatic carbocycles. The first-order valence-electron chi connectivity index (χ1n) is 10.3. The van der Waals surface area contributed by atoms with Gasteiger partial charge in [-0.3, -0.25) is 19.2 Å². The number of nitrogens with one attached hydrogen (secondary N) is 3. The quantitative estimate of drug-likeness (QED) is 0.131. The van der Waals surface area contributed by atoms with Crippen LogP contribution in [0.15, 0.2) is 0 Å². The third-order valence-corrected chi connectivity index (χ3v) is 4.38. The molecular weight excluding hydrogens is 408 g/mol. The Balaban J connectivity index is 4.85. The van der Waals surface area contributed by atoms with Gasteiger partial charge in [-0.25, -0.2) is 4.79 Å². The van der Waals surface area contributed by atoms with Crippen LogP contribution in [0.3, 0.4) is 0 Å². The van der Waals surface area contributed by atoms with Gasteiger partial charge in [-0.05, 0) is 38.1 Å². The van der Waals surface area contributed by atoms with Gasteiger partial charge < -0.3 is 38.3 Å². The highest BCUT2D eigenvalue weighted by Gasteiger charge is 2.25. The number of rotatable bonds is 16. The highest BCUT2D eigenvalue weighted by Crippen LogP contribution is 2.05. The number of hydrogen-bond acceptors (Lipinski definition) is 7. The Kier molecular flexibility index (Phi) is 13.8. The maximum atomic E-state index is 12.4. The molecule has 0 heterocycles. The van der Waals surface area contributed by atoms with Crippen molar-refractivity contribution in [2.24, 2.45) is 23.1 Å². The summed E-state index contributed by atoms with van der Waals surface area (Å²) < 4.78 is 0. The Bertz CT molecular complexity index is 627. The van der Waals surface area contributed by atoms with E-state index in [-0.39, 0.29) is 25.2 Å². The van der Waals surface area contributed by atoms with E-state index in [0.29, 0.717) is 25.8 Å². The van der Waals surface area contributed by atoms with E-state index in [1.807, 2.05) is 13.8 Å². The van der Waals surface area contributed by atoms with Gasteiger partial charge in [0.2, 0.25) is 23.6 Å². The Morgan fingerprint density at radius 2 is 1.58 bits per heavy atom. The average molecular weight is 445 g/mol. The molecule has 3 atom stereocenters. The SMILES string of the molecule is CC(C)CC(NC(=O)CNC(=O)C(CCC(N)=O)NC(=O)C(N)CCCCN)C(=O)O. The van der Waals surface area contributed by atoms with Gasteiger partial charge in [0.1, 0.15) is 12.1 Å². The van der Waals surface area contributed by atoms with E-state index in [1.165, 1.54) is 0 Å². The lowest BCUT2D eigenvalue weighted by Gasteiger charge is -2.21. The highest BCUT2D eigenvalue weighted by atomic mass is 16.4. The van der Waals surface area contributed by atoms with E-state index in [2.05, 4.69) is 16.0 Å². The molecule has 0 saturated carbocycles. The normalized spacial score (nSPS) is 13.7. The molecule has 178 valence electrons. The molecule has 0 bridgehead atoms. The fourth-order valence-electron chi connectivity index (χ4n) is 2.70. The van der Waals surface area contributed by atoms with Crippen molar-refractivity contribution in [3.63, 3.8) is 0 Å². The summed E-state index contributed by atoms with van der Waals surface area (Å²) in [5.41, 5.74) is 16.3. The number of unbranched alkanes of at least 4 members (excludes halogenated alkanes) is 1. The van der Waals surface area contributed by atoms with Crippen molar-refractivity contribution in [2.75, 3.05) is 13.1 Å². The average Bonchev–Trinajstić information content (AvgIpc) is 2.68. The molecule has 10 N–H and O–H groups in total. The lowest BCUT2D eigenvalue weighted by atomic mass is 10.0. The number of carboxylic acid groups (broad SMARTS) is 1. The molecule has 0 radical (unpaired) electrons. The molecule has 0 aliphatic heterocycles. The fourth-order valence-corrected chi connectivity index (χ4v) is 2.70. The third kappa shape index (κ3) is 13.2. The van der Waals surface area contributed by atoms with Gasteiger partial charge in [0.25, 0.3) is 0 Å². The van der Waals surface area contributed by atoms with Gasteiger partial charge in [-0.1, -0.05) is 20.3 Å². The minimum atomic E-state index is -1.18. The zero-order chi connectivity index (χ0) is 24.0. The van der Waals surface area contributed by atoms with Gasteiger partial charge in [0.05, 0.1) is 12.6 Å². The number of nitrogens with two attached hydrogens (primary N) is 3. The van der Waals surface area contributed by atoms with Crippen LogP contribution in [0.2, 0.25) is 0 Å². The monoisotopic (exact) mass is 444 g/mol. The van der Waals surface area contributed by atoms with E-state index in [9.17, 15) is 29.1 Å². The van der Waals surface area contributed by atoms with Crippen LogP contribution in [-0.4, -0.2) is 65.9 Å². The van der Waals surface area contributed by atoms with E-state index >= 15 is 0 Å². The third-order valence-electron chi connectivity index (χ3n) is 4.38. The summed E-state index contributed by atoms with van der Waals surface area (Å²) in [5, 5.41) is 16.3. The lowest BCUT2D eigenvalue weighted by molar-refractivity contribution is -0.142. The van der Waals surface area contributed by atoms with Crippen molar-refractivity contribution < 1.29 is 29.1 Å². The van der Waals surface area contributed by atoms with Gasteiger partial charge in [-0.2, -0.15) is 0 Å². The summed E-state index contributed by atoms with van der Waals surface area (Å²) in [7, 11) is 0. The second kappa shape index (κ2) is 15.1. The number of primary amides is 1. The predicted molar refractivity (Wildman–Crippen MR) is 113 cm³/mol. The molecule has 31 heavy (non-hydrogen) atoms. The number of aliphatic carboxylic acids is 1. The van der Waals surface area contributed by atoms with E-state index in [4.69, 9.17) is 17.2 Å². The molecule has 4 amide bonds. The maximum absolute atomic E-state index is 12.4. The number of hydrogen-bond donors (Lipinski definition) is 7. The highest BCUT2D eigenvalue weighted by molar-refractivity contribution is 5.92. The smallest absolute Gasteiger partial charge is 0.326 e. The first-order valence-corrected chi connectivity index (χ1v) is 10.3. The van der Waals surface area contributed by atoms with Gasteiger partial charge in [0, 0.05) is 6.42 Å².